The number of nitrogens with one attached hydrogen (secondary N) is 2. The first-order valence-electron chi connectivity index (χ1n) is 6.05. The highest BCUT2D eigenvalue weighted by Gasteiger charge is 2.27. The van der Waals surface area contributed by atoms with Crippen LogP contribution in [-0.2, 0) is 18.3 Å². The quantitative estimate of drug-likeness (QED) is 0.694. The molecule has 0 saturated heterocycles. The molecule has 0 aliphatic carbocycles. The molecule has 1 rings (SSSR count). The van der Waals surface area contributed by atoms with Crippen molar-refractivity contribution in [2.75, 3.05) is 13.1 Å². The van der Waals surface area contributed by atoms with Crippen molar-refractivity contribution in [3.05, 3.63) is 18.0 Å². The minimum atomic E-state index is -0.973. The monoisotopic (exact) mass is 268 g/mol. The van der Waals surface area contributed by atoms with E-state index in [0.717, 1.165) is 5.69 Å². The van der Waals surface area contributed by atoms with Gasteiger partial charge in [0.2, 0.25) is 0 Å². The number of aryl methyl sites for hydroxylation is 1. The predicted octanol–water partition coefficient (Wildman–Crippen LogP) is 0.373. The summed E-state index contributed by atoms with van der Waals surface area (Å²) in [6.07, 6.45) is 2.37. The molecule has 7 heteroatoms. The molecule has 0 saturated carbocycles. The Morgan fingerprint density at radius 3 is 2.63 bits per heavy atom. The van der Waals surface area contributed by atoms with Gasteiger partial charge in [-0.15, -0.1) is 0 Å². The summed E-state index contributed by atoms with van der Waals surface area (Å²) >= 11 is 0. The molecule has 0 aromatic carbocycles. The van der Waals surface area contributed by atoms with E-state index in [1.165, 1.54) is 0 Å². The van der Waals surface area contributed by atoms with Crippen molar-refractivity contribution in [2.24, 2.45) is 12.5 Å². The molecule has 1 aromatic heterocycles. The van der Waals surface area contributed by atoms with Gasteiger partial charge in [-0.3, -0.25) is 9.48 Å². The average Bonchev–Trinajstić information content (AvgIpc) is 2.72. The molecule has 0 fully saturated rings. The predicted molar refractivity (Wildman–Crippen MR) is 69.7 cm³/mol. The summed E-state index contributed by atoms with van der Waals surface area (Å²) in [7, 11) is 1.84. The third kappa shape index (κ3) is 4.61. The van der Waals surface area contributed by atoms with E-state index < -0.39 is 11.4 Å². The summed E-state index contributed by atoms with van der Waals surface area (Å²) in [5, 5.41) is 18.2. The molecule has 2 amide bonds. The molecule has 106 valence electrons. The standard InChI is InChI=1S/C12H20N4O3/c1-12(2,10(17)18)8-14-11(19)13-6-4-9-5-7-15-16(9)3/h5,7H,4,6,8H2,1-3H3,(H,17,18)(H2,13,14,19). The van der Waals surface area contributed by atoms with Crippen LogP contribution in [0, 0.1) is 5.41 Å². The van der Waals surface area contributed by atoms with Crippen molar-refractivity contribution in [3.63, 3.8) is 0 Å². The van der Waals surface area contributed by atoms with E-state index in [9.17, 15) is 9.59 Å². The Hall–Kier alpha value is -2.05. The highest BCUT2D eigenvalue weighted by atomic mass is 16.4. The van der Waals surface area contributed by atoms with Gasteiger partial charge in [0.25, 0.3) is 0 Å². The molecule has 3 N–H and O–H groups in total. The number of aromatic nitrogens is 2. The lowest BCUT2D eigenvalue weighted by molar-refractivity contribution is -0.146. The number of hydrogen-bond acceptors (Lipinski definition) is 3. The maximum Gasteiger partial charge on any atom is 0.314 e. The Balaban J connectivity index is 2.26. The molecule has 0 unspecified atom stereocenters. The number of carboxylic acid groups (broad SMARTS) is 1. The lowest BCUT2D eigenvalue weighted by atomic mass is 9.94. The lowest BCUT2D eigenvalue weighted by Crippen LogP contribution is -2.44. The van der Waals surface area contributed by atoms with E-state index in [1.807, 2.05) is 13.1 Å². The van der Waals surface area contributed by atoms with E-state index in [1.54, 1.807) is 24.7 Å². The fourth-order valence-electron chi connectivity index (χ4n) is 1.39. The Labute approximate surface area is 112 Å². The van der Waals surface area contributed by atoms with Crippen molar-refractivity contribution in [1.29, 1.82) is 0 Å². The van der Waals surface area contributed by atoms with Gasteiger partial charge in [0.05, 0.1) is 5.41 Å². The van der Waals surface area contributed by atoms with Crippen molar-refractivity contribution in [2.45, 2.75) is 20.3 Å². The van der Waals surface area contributed by atoms with Crippen LogP contribution >= 0.6 is 0 Å². The molecule has 1 heterocycles. The first kappa shape index (κ1) is 15.0. The molecule has 0 atom stereocenters. The lowest BCUT2D eigenvalue weighted by Gasteiger charge is -2.19. The number of carbonyl (C=O) groups is 2. The van der Waals surface area contributed by atoms with Crippen LogP contribution in [0.3, 0.4) is 0 Å². The summed E-state index contributed by atoms with van der Waals surface area (Å²) in [5.74, 6) is -0.942. The fourth-order valence-corrected chi connectivity index (χ4v) is 1.39. The molecular formula is C12H20N4O3. The minimum absolute atomic E-state index is 0.0832. The van der Waals surface area contributed by atoms with Crippen molar-refractivity contribution in [1.82, 2.24) is 20.4 Å². The van der Waals surface area contributed by atoms with E-state index in [4.69, 9.17) is 5.11 Å². The molecule has 7 nitrogen and oxygen atoms in total. The van der Waals surface area contributed by atoms with E-state index >= 15 is 0 Å². The highest BCUT2D eigenvalue weighted by Crippen LogP contribution is 2.12. The zero-order chi connectivity index (χ0) is 14.5. The van der Waals surface area contributed by atoms with Gasteiger partial charge in [0, 0.05) is 38.4 Å². The SMILES string of the molecule is Cn1nccc1CCNC(=O)NCC(C)(C)C(=O)O. The first-order valence-corrected chi connectivity index (χ1v) is 6.05. The zero-order valence-corrected chi connectivity index (χ0v) is 11.4. The molecule has 0 bridgehead atoms. The van der Waals surface area contributed by atoms with Gasteiger partial charge in [0.1, 0.15) is 0 Å². The van der Waals surface area contributed by atoms with Gasteiger partial charge in [-0.2, -0.15) is 5.10 Å². The number of hydrogen-bond donors (Lipinski definition) is 3. The summed E-state index contributed by atoms with van der Waals surface area (Å²) in [4.78, 5) is 22.3. The van der Waals surface area contributed by atoms with Gasteiger partial charge >= 0.3 is 12.0 Å². The average molecular weight is 268 g/mol. The first-order chi connectivity index (χ1) is 8.83. The van der Waals surface area contributed by atoms with Crippen molar-refractivity contribution in [3.8, 4) is 0 Å². The Kier molecular flexibility index (Phi) is 4.91. The summed E-state index contributed by atoms with van der Waals surface area (Å²) in [6, 6.07) is 1.52. The second-order valence-corrected chi connectivity index (χ2v) is 4.99. The number of carbonyl (C=O) groups excluding carboxylic acids is 1. The molecular weight excluding hydrogens is 248 g/mol. The Morgan fingerprint density at radius 2 is 2.11 bits per heavy atom. The second-order valence-electron chi connectivity index (χ2n) is 4.99. The second kappa shape index (κ2) is 6.21. The van der Waals surface area contributed by atoms with Crippen LogP contribution in [0.4, 0.5) is 4.79 Å². The fraction of sp³-hybridized carbons (Fsp3) is 0.583. The van der Waals surface area contributed by atoms with E-state index in [2.05, 4.69) is 15.7 Å². The van der Waals surface area contributed by atoms with Crippen molar-refractivity contribution >= 4 is 12.0 Å². The Morgan fingerprint density at radius 1 is 1.42 bits per heavy atom. The maximum absolute atomic E-state index is 11.5. The molecule has 0 aliphatic rings. The smallest absolute Gasteiger partial charge is 0.314 e. The number of amides is 2. The summed E-state index contributed by atoms with van der Waals surface area (Å²) in [6.45, 7) is 3.68. The van der Waals surface area contributed by atoms with Crippen LogP contribution in [0.1, 0.15) is 19.5 Å². The Bertz CT molecular complexity index is 454. The number of rotatable bonds is 6. The minimum Gasteiger partial charge on any atom is -0.481 e. The molecule has 0 radical (unpaired) electrons. The van der Waals surface area contributed by atoms with E-state index in [0.29, 0.717) is 13.0 Å². The van der Waals surface area contributed by atoms with Crippen LogP contribution in [-0.4, -0.2) is 40.0 Å². The number of aliphatic carboxylic acids is 1. The van der Waals surface area contributed by atoms with Gasteiger partial charge in [0.15, 0.2) is 0 Å². The highest BCUT2D eigenvalue weighted by molar-refractivity contribution is 5.77. The van der Waals surface area contributed by atoms with Gasteiger partial charge < -0.3 is 15.7 Å². The van der Waals surface area contributed by atoms with Gasteiger partial charge in [-0.25, -0.2) is 4.79 Å². The zero-order valence-electron chi connectivity index (χ0n) is 11.4. The van der Waals surface area contributed by atoms with Gasteiger partial charge in [-0.05, 0) is 19.9 Å². The van der Waals surface area contributed by atoms with Crippen LogP contribution < -0.4 is 10.6 Å². The molecule has 1 aromatic rings. The number of nitrogens with zero attached hydrogens (tertiary/aromatic N) is 2. The normalized spacial score (nSPS) is 11.1. The topological polar surface area (TPSA) is 96.3 Å². The third-order valence-corrected chi connectivity index (χ3v) is 2.86. The third-order valence-electron chi connectivity index (χ3n) is 2.86. The molecule has 19 heavy (non-hydrogen) atoms. The number of urea groups is 1. The van der Waals surface area contributed by atoms with Crippen LogP contribution in [0.25, 0.3) is 0 Å². The number of carboxylic acids is 1. The van der Waals surface area contributed by atoms with Gasteiger partial charge in [-0.1, -0.05) is 0 Å². The van der Waals surface area contributed by atoms with Crippen LogP contribution in [0.5, 0.6) is 0 Å². The molecule has 0 spiro atoms. The van der Waals surface area contributed by atoms with Crippen molar-refractivity contribution < 1.29 is 14.7 Å². The molecule has 0 aliphatic heterocycles. The van der Waals surface area contributed by atoms with Crippen LogP contribution in [0.2, 0.25) is 0 Å². The maximum atomic E-state index is 11.5. The largest absolute Gasteiger partial charge is 0.481 e. The summed E-state index contributed by atoms with van der Waals surface area (Å²) in [5.41, 5.74) is 0.0468. The summed E-state index contributed by atoms with van der Waals surface area (Å²) < 4.78 is 1.74. The van der Waals surface area contributed by atoms with E-state index in [-0.39, 0.29) is 12.6 Å². The van der Waals surface area contributed by atoms with Crippen LogP contribution in [0.15, 0.2) is 12.3 Å².